The number of esters is 1. The molecule has 0 aliphatic heterocycles. The summed E-state index contributed by atoms with van der Waals surface area (Å²) in [6, 6.07) is -0.856. The number of hydrogen-bond donors (Lipinski definition) is 3. The number of nitrogens with one attached hydrogen (secondary N) is 1. The van der Waals surface area contributed by atoms with Gasteiger partial charge in [0.15, 0.2) is 0 Å². The minimum atomic E-state index is -1.00. The van der Waals surface area contributed by atoms with E-state index in [1.54, 1.807) is 0 Å². The van der Waals surface area contributed by atoms with Crippen molar-refractivity contribution in [3.8, 4) is 0 Å². The highest BCUT2D eigenvalue weighted by molar-refractivity contribution is 5.83. The van der Waals surface area contributed by atoms with E-state index in [0.717, 1.165) is 77.0 Å². The van der Waals surface area contributed by atoms with E-state index in [9.17, 15) is 19.5 Å². The summed E-state index contributed by atoms with van der Waals surface area (Å²) in [5, 5.41) is 11.9. The fourth-order valence-electron chi connectivity index (χ4n) is 6.64. The third-order valence-electron chi connectivity index (χ3n) is 10.0. The van der Waals surface area contributed by atoms with Crippen molar-refractivity contribution in [2.75, 3.05) is 6.54 Å². The molecule has 0 aliphatic rings. The van der Waals surface area contributed by atoms with E-state index in [-0.39, 0.29) is 18.0 Å². The molecule has 7 nitrogen and oxygen atoms in total. The molecule has 4 N–H and O–H groups in total. The second-order valence-electron chi connectivity index (χ2n) is 15.1. The monoisotopic (exact) mass is 733 g/mol. The van der Waals surface area contributed by atoms with Crippen LogP contribution in [-0.4, -0.2) is 41.6 Å². The van der Waals surface area contributed by atoms with Gasteiger partial charge in [-0.25, -0.2) is 4.79 Å². The Morgan fingerprint density at radius 3 is 1.54 bits per heavy atom. The number of carbonyl (C=O) groups excluding carboxylic acids is 2. The Labute approximate surface area is 321 Å². The third-order valence-corrected chi connectivity index (χ3v) is 10.0. The van der Waals surface area contributed by atoms with Crippen LogP contribution in [0.15, 0.2) is 24.3 Å². The molecule has 0 bridgehead atoms. The number of carbonyl (C=O) groups is 3. The van der Waals surface area contributed by atoms with Gasteiger partial charge in [-0.1, -0.05) is 160 Å². The van der Waals surface area contributed by atoms with Crippen molar-refractivity contribution in [2.24, 2.45) is 5.73 Å². The highest BCUT2D eigenvalue weighted by Gasteiger charge is 2.19. The van der Waals surface area contributed by atoms with Crippen molar-refractivity contribution < 1.29 is 24.2 Å². The normalized spacial score (nSPS) is 12.8. The van der Waals surface area contributed by atoms with Gasteiger partial charge in [-0.2, -0.15) is 0 Å². The average molecular weight is 733 g/mol. The van der Waals surface area contributed by atoms with Crippen molar-refractivity contribution >= 4 is 17.8 Å². The van der Waals surface area contributed by atoms with E-state index in [1.807, 2.05) is 0 Å². The number of nitrogens with two attached hydrogens (primary N) is 1. The molecule has 0 aromatic heterocycles. The lowest BCUT2D eigenvalue weighted by Crippen LogP contribution is -2.40. The first-order valence-electron chi connectivity index (χ1n) is 22.2. The molecule has 0 aromatic carbocycles. The molecule has 2 atom stereocenters. The minimum Gasteiger partial charge on any atom is -0.480 e. The van der Waals surface area contributed by atoms with E-state index < -0.39 is 12.0 Å². The Morgan fingerprint density at radius 2 is 1.02 bits per heavy atom. The molecular weight excluding hydrogens is 649 g/mol. The van der Waals surface area contributed by atoms with Gasteiger partial charge in [0.1, 0.15) is 12.1 Å². The second kappa shape index (κ2) is 40.0. The molecule has 0 heterocycles. The summed E-state index contributed by atoms with van der Waals surface area (Å²) in [5.41, 5.74) is 5.48. The molecule has 0 saturated carbocycles. The van der Waals surface area contributed by atoms with Crippen LogP contribution in [0.25, 0.3) is 0 Å². The number of hydrogen-bond acceptors (Lipinski definition) is 5. The fraction of sp³-hybridized carbons (Fsp3) is 0.844. The van der Waals surface area contributed by atoms with Crippen molar-refractivity contribution in [1.82, 2.24) is 5.32 Å². The fourth-order valence-corrected chi connectivity index (χ4v) is 6.64. The Balaban J connectivity index is 4.33. The van der Waals surface area contributed by atoms with Gasteiger partial charge in [0.25, 0.3) is 0 Å². The standard InChI is InChI=1S/C45H84N2O5/c1-3-5-7-9-11-13-15-17-18-20-22-24-29-33-39-44(49)52-41(35-30-26-23-21-19-16-14-12-10-8-6-4-2)36-31-27-25-28-32-38-43(48)47-42(45(50)51)37-34-40-46/h9,11,15,17,41-42H,3-8,10,12-14,16,18-40,46H2,1-2H3,(H,47,48)(H,50,51)/b11-9-,17-15-. The molecule has 0 fully saturated rings. The number of carboxylic acids is 1. The molecule has 0 radical (unpaired) electrons. The Kier molecular flexibility index (Phi) is 38.4. The number of amides is 1. The molecule has 2 unspecified atom stereocenters. The lowest BCUT2D eigenvalue weighted by atomic mass is 10.0. The van der Waals surface area contributed by atoms with Crippen molar-refractivity contribution in [1.29, 1.82) is 0 Å². The van der Waals surface area contributed by atoms with Gasteiger partial charge < -0.3 is 20.9 Å². The van der Waals surface area contributed by atoms with Crippen LogP contribution in [0, 0.1) is 0 Å². The number of rotatable bonds is 40. The van der Waals surface area contributed by atoms with Crippen molar-refractivity contribution in [3.05, 3.63) is 24.3 Å². The van der Waals surface area contributed by atoms with Gasteiger partial charge in [-0.3, -0.25) is 9.59 Å². The molecular formula is C45H84N2O5. The minimum absolute atomic E-state index is 0.0103. The Hall–Kier alpha value is -2.15. The van der Waals surface area contributed by atoms with Gasteiger partial charge >= 0.3 is 11.9 Å². The summed E-state index contributed by atoms with van der Waals surface area (Å²) in [5.74, 6) is -1.24. The lowest BCUT2D eigenvalue weighted by molar-refractivity contribution is -0.150. The molecule has 0 aromatic rings. The molecule has 7 heteroatoms. The summed E-state index contributed by atoms with van der Waals surface area (Å²) in [7, 11) is 0. The van der Waals surface area contributed by atoms with E-state index >= 15 is 0 Å². The molecule has 0 saturated heterocycles. The van der Waals surface area contributed by atoms with Gasteiger partial charge in [-0.15, -0.1) is 0 Å². The van der Waals surface area contributed by atoms with Crippen LogP contribution in [0.4, 0.5) is 0 Å². The van der Waals surface area contributed by atoms with Gasteiger partial charge in [0, 0.05) is 12.8 Å². The van der Waals surface area contributed by atoms with Gasteiger partial charge in [-0.05, 0) is 83.6 Å². The smallest absolute Gasteiger partial charge is 0.326 e. The maximum Gasteiger partial charge on any atom is 0.326 e. The number of aliphatic carboxylic acids is 1. The number of allylic oxidation sites excluding steroid dienone is 4. The summed E-state index contributed by atoms with van der Waals surface area (Å²) < 4.78 is 6.04. The highest BCUT2D eigenvalue weighted by atomic mass is 16.5. The average Bonchev–Trinajstić information content (AvgIpc) is 3.13. The predicted octanol–water partition coefficient (Wildman–Crippen LogP) is 12.5. The van der Waals surface area contributed by atoms with Crippen LogP contribution in [0.5, 0.6) is 0 Å². The molecule has 1 amide bonds. The summed E-state index contributed by atoms with van der Waals surface area (Å²) in [4.78, 5) is 36.4. The zero-order valence-corrected chi connectivity index (χ0v) is 34.2. The molecule has 0 spiro atoms. The van der Waals surface area contributed by atoms with Crippen LogP contribution >= 0.6 is 0 Å². The first-order chi connectivity index (χ1) is 25.4. The maximum atomic E-state index is 12.8. The molecule has 304 valence electrons. The van der Waals surface area contributed by atoms with E-state index in [1.165, 1.54) is 109 Å². The number of carboxylic acid groups (broad SMARTS) is 1. The van der Waals surface area contributed by atoms with Gasteiger partial charge in [0.2, 0.25) is 5.91 Å². The van der Waals surface area contributed by atoms with Crippen molar-refractivity contribution in [3.63, 3.8) is 0 Å². The van der Waals surface area contributed by atoms with Crippen LogP contribution in [0.1, 0.15) is 226 Å². The van der Waals surface area contributed by atoms with Gasteiger partial charge in [0.05, 0.1) is 0 Å². The summed E-state index contributed by atoms with van der Waals surface area (Å²) in [6.45, 7) is 4.91. The van der Waals surface area contributed by atoms with Crippen LogP contribution in [0.2, 0.25) is 0 Å². The highest BCUT2D eigenvalue weighted by Crippen LogP contribution is 2.19. The summed E-state index contributed by atoms with van der Waals surface area (Å²) >= 11 is 0. The molecule has 52 heavy (non-hydrogen) atoms. The molecule has 0 rings (SSSR count). The van der Waals surface area contributed by atoms with Crippen molar-refractivity contribution in [2.45, 2.75) is 238 Å². The second-order valence-corrected chi connectivity index (χ2v) is 15.1. The first-order valence-corrected chi connectivity index (χ1v) is 22.2. The predicted molar refractivity (Wildman–Crippen MR) is 220 cm³/mol. The quantitative estimate of drug-likeness (QED) is 0.0328. The maximum absolute atomic E-state index is 12.8. The third kappa shape index (κ3) is 36.2. The topological polar surface area (TPSA) is 119 Å². The van der Waals surface area contributed by atoms with E-state index in [4.69, 9.17) is 10.5 Å². The largest absolute Gasteiger partial charge is 0.480 e. The van der Waals surface area contributed by atoms with E-state index in [2.05, 4.69) is 43.5 Å². The zero-order valence-electron chi connectivity index (χ0n) is 34.2. The first kappa shape index (κ1) is 49.9. The SMILES string of the molecule is CCCC/C=C\C/C=C\CCCCCCCC(=O)OC(CCCCCCCCCCCCCC)CCCCCCCC(=O)NC(CCCN)C(=O)O. The Morgan fingerprint density at radius 1 is 0.558 bits per heavy atom. The number of ether oxygens (including phenoxy) is 1. The van der Waals surface area contributed by atoms with Crippen LogP contribution in [0.3, 0.4) is 0 Å². The zero-order chi connectivity index (χ0) is 38.2. The summed E-state index contributed by atoms with van der Waals surface area (Å²) in [6.07, 6.45) is 45.0. The number of unbranched alkanes of at least 4 members (excludes halogenated alkanes) is 22. The molecule has 0 aliphatic carbocycles. The van der Waals surface area contributed by atoms with E-state index in [0.29, 0.717) is 32.2 Å². The Bertz CT molecular complexity index is 874. The van der Waals surface area contributed by atoms with Crippen LogP contribution < -0.4 is 11.1 Å². The van der Waals surface area contributed by atoms with Crippen LogP contribution in [-0.2, 0) is 19.1 Å². The lowest BCUT2D eigenvalue weighted by Gasteiger charge is -2.18.